The fourth-order valence-electron chi connectivity index (χ4n) is 5.19. The van der Waals surface area contributed by atoms with Crippen LogP contribution >= 0.6 is 0 Å². The van der Waals surface area contributed by atoms with E-state index in [0.717, 1.165) is 16.5 Å². The van der Waals surface area contributed by atoms with Crippen molar-refractivity contribution in [2.75, 3.05) is 13.2 Å². The lowest BCUT2D eigenvalue weighted by molar-refractivity contribution is -0.376. The number of halogens is 6. The summed E-state index contributed by atoms with van der Waals surface area (Å²) < 4.78 is 91.7. The Labute approximate surface area is 262 Å². The number of rotatable bonds is 13. The molecule has 1 unspecified atom stereocenters. The zero-order valence-electron chi connectivity index (χ0n) is 25.2. The van der Waals surface area contributed by atoms with Crippen molar-refractivity contribution in [3.8, 4) is 11.5 Å². The van der Waals surface area contributed by atoms with Crippen LogP contribution in [0, 0.1) is 0 Å². The molecule has 4 rings (SSSR count). The molecule has 1 fully saturated rings. The van der Waals surface area contributed by atoms with Gasteiger partial charge in [-0.3, -0.25) is 9.69 Å². The molecule has 7 nitrogen and oxygen atoms in total. The number of ether oxygens (including phenoxy) is 2. The topological polar surface area (TPSA) is 88.1 Å². The van der Waals surface area contributed by atoms with E-state index in [9.17, 15) is 41.0 Å². The predicted molar refractivity (Wildman–Crippen MR) is 156 cm³/mol. The van der Waals surface area contributed by atoms with E-state index in [1.165, 1.54) is 0 Å². The third-order valence-corrected chi connectivity index (χ3v) is 7.79. The molecule has 13 heteroatoms. The molecular formula is C33H34F6N2O5. The quantitative estimate of drug-likeness (QED) is 0.116. The van der Waals surface area contributed by atoms with Gasteiger partial charge in [0.2, 0.25) is 0 Å². The molecule has 0 bridgehead atoms. The molecule has 0 aromatic heterocycles. The number of hydrogen-bond acceptors (Lipinski definition) is 5. The second-order valence-electron chi connectivity index (χ2n) is 11.1. The molecule has 0 saturated carbocycles. The number of imide groups is 1. The van der Waals surface area contributed by atoms with Crippen LogP contribution in [0.1, 0.15) is 55.4 Å². The van der Waals surface area contributed by atoms with Crippen LogP contribution in [-0.2, 0) is 29.0 Å². The highest BCUT2D eigenvalue weighted by atomic mass is 19.4. The minimum absolute atomic E-state index is 0.0145. The van der Waals surface area contributed by atoms with E-state index in [4.69, 9.17) is 9.47 Å². The zero-order valence-corrected chi connectivity index (χ0v) is 25.2. The molecule has 1 atom stereocenters. The Balaban J connectivity index is 1.36. The summed E-state index contributed by atoms with van der Waals surface area (Å²) in [4.78, 5) is 27.2. The zero-order chi connectivity index (χ0) is 33.8. The minimum Gasteiger partial charge on any atom is -0.493 e. The van der Waals surface area contributed by atoms with Crippen molar-refractivity contribution in [2.24, 2.45) is 0 Å². The molecule has 1 heterocycles. The molecule has 3 aromatic carbocycles. The Morgan fingerprint density at radius 1 is 0.870 bits per heavy atom. The second kappa shape index (κ2) is 13.6. The van der Waals surface area contributed by atoms with Gasteiger partial charge in [-0.15, -0.1) is 0 Å². The highest BCUT2D eigenvalue weighted by Crippen LogP contribution is 2.50. The van der Waals surface area contributed by atoms with Crippen LogP contribution < -0.4 is 14.8 Å². The summed E-state index contributed by atoms with van der Waals surface area (Å²) in [7, 11) is 0. The summed E-state index contributed by atoms with van der Waals surface area (Å²) in [5.41, 5.74) is -6.13. The van der Waals surface area contributed by atoms with Crippen LogP contribution in [0.2, 0.25) is 0 Å². The first-order valence-corrected chi connectivity index (χ1v) is 14.6. The molecule has 46 heavy (non-hydrogen) atoms. The molecule has 2 N–H and O–H groups in total. The molecular weight excluding hydrogens is 618 g/mol. The smallest absolute Gasteiger partial charge is 0.430 e. The van der Waals surface area contributed by atoms with Gasteiger partial charge in [-0.2, -0.15) is 26.3 Å². The number of nitrogens with one attached hydrogen (secondary N) is 1. The SMILES string of the molecule is CCCc1cc(C(O)(C(F)(F)F)C(F)(F)F)ccc1OCCCCN1C(=O)NC(C)(c2cccc(OCc3ccccc3)c2)C1=O. The van der Waals surface area contributed by atoms with E-state index >= 15 is 0 Å². The summed E-state index contributed by atoms with van der Waals surface area (Å²) in [5.74, 6) is 0.146. The Morgan fingerprint density at radius 3 is 2.22 bits per heavy atom. The summed E-state index contributed by atoms with van der Waals surface area (Å²) in [6, 6.07) is 18.0. The van der Waals surface area contributed by atoms with Crippen LogP contribution in [-0.4, -0.2) is 47.4 Å². The van der Waals surface area contributed by atoms with E-state index in [1.54, 1.807) is 38.1 Å². The monoisotopic (exact) mass is 652 g/mol. The number of aryl methyl sites for hydroxylation is 1. The summed E-state index contributed by atoms with van der Waals surface area (Å²) in [6.07, 6.45) is -10.9. The fraction of sp³-hybridized carbons (Fsp3) is 0.394. The normalized spacial score (nSPS) is 17.3. The van der Waals surface area contributed by atoms with Crippen molar-refractivity contribution in [2.45, 2.75) is 69.6 Å². The number of aliphatic hydroxyl groups is 1. The lowest BCUT2D eigenvalue weighted by atomic mass is 9.90. The first kappa shape index (κ1) is 34.6. The molecule has 1 aliphatic heterocycles. The van der Waals surface area contributed by atoms with Crippen molar-refractivity contribution in [1.29, 1.82) is 0 Å². The van der Waals surface area contributed by atoms with Gasteiger partial charge in [0.25, 0.3) is 11.5 Å². The molecule has 0 spiro atoms. The minimum atomic E-state index is -5.99. The molecule has 1 saturated heterocycles. The fourth-order valence-corrected chi connectivity index (χ4v) is 5.19. The lowest BCUT2D eigenvalue weighted by Gasteiger charge is -2.33. The third-order valence-electron chi connectivity index (χ3n) is 7.79. The van der Waals surface area contributed by atoms with Gasteiger partial charge in [0, 0.05) is 12.1 Å². The van der Waals surface area contributed by atoms with Crippen LogP contribution in [0.4, 0.5) is 31.1 Å². The van der Waals surface area contributed by atoms with E-state index in [1.807, 2.05) is 30.3 Å². The Bertz CT molecular complexity index is 1510. The highest BCUT2D eigenvalue weighted by molar-refractivity contribution is 6.07. The molecule has 3 amide bonds. The standard InChI is InChI=1S/C33H34F6N2O5/c1-3-10-23-19-25(31(44,32(34,35)36)33(37,38)39)15-16-27(23)45-18-8-7-17-41-28(42)30(2,40-29(41)43)24-13-9-14-26(20-24)46-21-22-11-5-4-6-12-22/h4-6,9,11-16,19-20,44H,3,7-8,10,17-18,21H2,1-2H3,(H,40,43). The predicted octanol–water partition coefficient (Wildman–Crippen LogP) is 7.16. The molecule has 1 aliphatic rings. The van der Waals surface area contributed by atoms with Gasteiger partial charge in [0.15, 0.2) is 0 Å². The molecule has 0 aliphatic carbocycles. The Kier molecular flexibility index (Phi) is 10.2. The van der Waals surface area contributed by atoms with E-state index in [2.05, 4.69) is 5.32 Å². The lowest BCUT2D eigenvalue weighted by Crippen LogP contribution is -2.53. The third kappa shape index (κ3) is 7.09. The molecule has 248 valence electrons. The van der Waals surface area contributed by atoms with E-state index in [-0.39, 0.29) is 30.9 Å². The number of amides is 3. The number of carbonyl (C=O) groups excluding carboxylic acids is 2. The first-order valence-electron chi connectivity index (χ1n) is 14.6. The Morgan fingerprint density at radius 2 is 1.57 bits per heavy atom. The Hall–Kier alpha value is -4.26. The van der Waals surface area contributed by atoms with Gasteiger partial charge in [0.05, 0.1) is 6.61 Å². The van der Waals surface area contributed by atoms with Gasteiger partial charge >= 0.3 is 18.4 Å². The van der Waals surface area contributed by atoms with Crippen LogP contribution in [0.5, 0.6) is 11.5 Å². The number of hydrogen-bond donors (Lipinski definition) is 2. The van der Waals surface area contributed by atoms with Crippen molar-refractivity contribution in [3.05, 3.63) is 95.1 Å². The van der Waals surface area contributed by atoms with Crippen molar-refractivity contribution >= 4 is 11.9 Å². The average Bonchev–Trinajstić information content (AvgIpc) is 3.23. The number of urea groups is 1. The number of benzene rings is 3. The second-order valence-corrected chi connectivity index (χ2v) is 11.1. The van der Waals surface area contributed by atoms with E-state index in [0.29, 0.717) is 49.3 Å². The van der Waals surface area contributed by atoms with Gasteiger partial charge < -0.3 is 19.9 Å². The largest absolute Gasteiger partial charge is 0.493 e. The van der Waals surface area contributed by atoms with Crippen molar-refractivity contribution in [3.63, 3.8) is 0 Å². The number of alkyl halides is 6. The van der Waals surface area contributed by atoms with Crippen LogP contribution in [0.25, 0.3) is 0 Å². The van der Waals surface area contributed by atoms with Crippen molar-refractivity contribution in [1.82, 2.24) is 10.2 Å². The summed E-state index contributed by atoms with van der Waals surface area (Å²) >= 11 is 0. The maximum absolute atomic E-state index is 13.4. The van der Waals surface area contributed by atoms with Gasteiger partial charge in [0.1, 0.15) is 23.6 Å². The highest BCUT2D eigenvalue weighted by Gasteiger charge is 2.71. The maximum atomic E-state index is 13.4. The maximum Gasteiger partial charge on any atom is 0.430 e. The van der Waals surface area contributed by atoms with Crippen LogP contribution in [0.15, 0.2) is 72.8 Å². The summed E-state index contributed by atoms with van der Waals surface area (Å²) in [6.45, 7) is 3.68. The number of nitrogens with zero attached hydrogens (tertiary/aromatic N) is 1. The number of unbranched alkanes of at least 4 members (excludes halogenated alkanes) is 1. The first-order chi connectivity index (χ1) is 21.6. The summed E-state index contributed by atoms with van der Waals surface area (Å²) in [5, 5.41) is 12.5. The van der Waals surface area contributed by atoms with Crippen LogP contribution in [0.3, 0.4) is 0 Å². The number of carbonyl (C=O) groups is 2. The molecule has 0 radical (unpaired) electrons. The van der Waals surface area contributed by atoms with Gasteiger partial charge in [-0.25, -0.2) is 4.79 Å². The van der Waals surface area contributed by atoms with Gasteiger partial charge in [-0.1, -0.05) is 61.9 Å². The van der Waals surface area contributed by atoms with Crippen molar-refractivity contribution < 1.29 is 50.5 Å². The average molecular weight is 653 g/mol. The van der Waals surface area contributed by atoms with E-state index < -0.39 is 41.0 Å². The molecule has 3 aromatic rings. The van der Waals surface area contributed by atoms with Gasteiger partial charge in [-0.05, 0) is 67.1 Å².